The topological polar surface area (TPSA) is 96.7 Å². The van der Waals surface area contributed by atoms with E-state index < -0.39 is 0 Å². The number of nitrogens with two attached hydrogens (primary N) is 1. The first-order valence-electron chi connectivity index (χ1n) is 6.93. The first-order valence-corrected chi connectivity index (χ1v) is 7.30. The number of nitrogens with one attached hydrogen (secondary N) is 2. The Kier molecular flexibility index (Phi) is 4.25. The molecule has 0 aliphatic heterocycles. The van der Waals surface area contributed by atoms with Gasteiger partial charge < -0.3 is 11.1 Å². The van der Waals surface area contributed by atoms with Gasteiger partial charge in [0.1, 0.15) is 5.82 Å². The lowest BCUT2D eigenvalue weighted by Gasteiger charge is -2.03. The van der Waals surface area contributed by atoms with Gasteiger partial charge in [-0.3, -0.25) is 9.89 Å². The lowest BCUT2D eigenvalue weighted by molar-refractivity contribution is 0.0950. The number of anilines is 1. The van der Waals surface area contributed by atoms with Crippen molar-refractivity contribution in [2.45, 2.75) is 6.54 Å². The molecule has 6 nitrogen and oxygen atoms in total. The predicted molar refractivity (Wildman–Crippen MR) is 88.9 cm³/mol. The van der Waals surface area contributed by atoms with Crippen molar-refractivity contribution in [3.8, 4) is 11.4 Å². The van der Waals surface area contributed by atoms with E-state index in [0.29, 0.717) is 27.9 Å². The molecular weight excluding hydrogens is 314 g/mol. The maximum absolute atomic E-state index is 12.0. The van der Waals surface area contributed by atoms with Gasteiger partial charge in [0.2, 0.25) is 0 Å². The smallest absolute Gasteiger partial charge is 0.251 e. The van der Waals surface area contributed by atoms with Gasteiger partial charge in [0.15, 0.2) is 5.82 Å². The number of nitrogens with zero attached hydrogens (tertiary/aromatic N) is 2. The highest BCUT2D eigenvalue weighted by molar-refractivity contribution is 6.30. The van der Waals surface area contributed by atoms with Crippen molar-refractivity contribution in [3.05, 3.63) is 64.9 Å². The zero-order valence-corrected chi connectivity index (χ0v) is 12.8. The molecule has 0 atom stereocenters. The minimum Gasteiger partial charge on any atom is -0.399 e. The number of rotatable bonds is 4. The molecule has 0 fully saturated rings. The Morgan fingerprint density at radius 3 is 2.52 bits per heavy atom. The average molecular weight is 328 g/mol. The maximum atomic E-state index is 12.0. The fourth-order valence-electron chi connectivity index (χ4n) is 2.00. The lowest BCUT2D eigenvalue weighted by Crippen LogP contribution is -2.23. The van der Waals surface area contributed by atoms with Crippen LogP contribution in [0, 0.1) is 0 Å². The van der Waals surface area contributed by atoms with Crippen molar-refractivity contribution in [2.24, 2.45) is 0 Å². The summed E-state index contributed by atoms with van der Waals surface area (Å²) in [7, 11) is 0. The molecule has 7 heteroatoms. The number of aromatic amines is 1. The Hall–Kier alpha value is -2.86. The number of hydrogen-bond donors (Lipinski definition) is 3. The van der Waals surface area contributed by atoms with Gasteiger partial charge >= 0.3 is 0 Å². The monoisotopic (exact) mass is 327 g/mol. The van der Waals surface area contributed by atoms with Crippen LogP contribution >= 0.6 is 11.6 Å². The summed E-state index contributed by atoms with van der Waals surface area (Å²) in [6, 6.07) is 13.9. The Bertz CT molecular complexity index is 811. The van der Waals surface area contributed by atoms with Crippen LogP contribution in [0.1, 0.15) is 16.2 Å². The highest BCUT2D eigenvalue weighted by Gasteiger charge is 2.09. The van der Waals surface area contributed by atoms with Crippen molar-refractivity contribution in [1.82, 2.24) is 20.5 Å². The molecule has 3 aromatic rings. The number of H-pyrrole nitrogens is 1. The zero-order valence-electron chi connectivity index (χ0n) is 12.1. The fourth-order valence-corrected chi connectivity index (χ4v) is 2.13. The van der Waals surface area contributed by atoms with Crippen molar-refractivity contribution in [1.29, 1.82) is 0 Å². The number of hydrogen-bond acceptors (Lipinski definition) is 4. The van der Waals surface area contributed by atoms with E-state index in [0.717, 1.165) is 5.56 Å². The number of carbonyl (C=O) groups is 1. The Morgan fingerprint density at radius 1 is 1.13 bits per heavy atom. The van der Waals surface area contributed by atoms with E-state index in [2.05, 4.69) is 20.5 Å². The van der Waals surface area contributed by atoms with Crippen molar-refractivity contribution in [2.75, 3.05) is 5.73 Å². The predicted octanol–water partition coefficient (Wildman–Crippen LogP) is 2.64. The third-order valence-corrected chi connectivity index (χ3v) is 3.48. The van der Waals surface area contributed by atoms with Crippen LogP contribution in [-0.4, -0.2) is 21.1 Å². The SMILES string of the molecule is Nc1ccc(C(=O)NCc2nc(-c3ccc(Cl)cc3)n[nH]2)cc1. The van der Waals surface area contributed by atoms with Crippen molar-refractivity contribution >= 4 is 23.2 Å². The number of amides is 1. The molecule has 0 saturated heterocycles. The Labute approximate surface area is 137 Å². The molecule has 1 aromatic heterocycles. The summed E-state index contributed by atoms with van der Waals surface area (Å²) in [5.41, 5.74) is 7.60. The zero-order chi connectivity index (χ0) is 16.2. The minimum absolute atomic E-state index is 0.200. The van der Waals surface area contributed by atoms with Crippen LogP contribution in [0.2, 0.25) is 5.02 Å². The first-order chi connectivity index (χ1) is 11.1. The van der Waals surface area contributed by atoms with Crippen molar-refractivity contribution in [3.63, 3.8) is 0 Å². The largest absolute Gasteiger partial charge is 0.399 e. The lowest BCUT2D eigenvalue weighted by atomic mass is 10.2. The van der Waals surface area contributed by atoms with Gasteiger partial charge in [0.25, 0.3) is 5.91 Å². The van der Waals surface area contributed by atoms with Crippen LogP contribution in [0.25, 0.3) is 11.4 Å². The van der Waals surface area contributed by atoms with Crippen LogP contribution in [0.3, 0.4) is 0 Å². The molecule has 0 unspecified atom stereocenters. The molecule has 1 heterocycles. The highest BCUT2D eigenvalue weighted by Crippen LogP contribution is 2.17. The summed E-state index contributed by atoms with van der Waals surface area (Å²) >= 11 is 5.85. The van der Waals surface area contributed by atoms with Crippen LogP contribution in [0.5, 0.6) is 0 Å². The van der Waals surface area contributed by atoms with E-state index in [4.69, 9.17) is 17.3 Å². The summed E-state index contributed by atoms with van der Waals surface area (Å²) in [5, 5.41) is 10.4. The summed E-state index contributed by atoms with van der Waals surface area (Å²) in [4.78, 5) is 16.4. The summed E-state index contributed by atoms with van der Waals surface area (Å²) < 4.78 is 0. The Morgan fingerprint density at radius 2 is 1.83 bits per heavy atom. The van der Waals surface area contributed by atoms with Gasteiger partial charge in [-0.15, -0.1) is 0 Å². The quantitative estimate of drug-likeness (QED) is 0.642. The van der Waals surface area contributed by atoms with Gasteiger partial charge in [0.05, 0.1) is 6.54 Å². The molecule has 2 aromatic carbocycles. The van der Waals surface area contributed by atoms with Crippen LogP contribution in [0.15, 0.2) is 48.5 Å². The number of benzene rings is 2. The number of nitrogen functional groups attached to an aromatic ring is 1. The molecule has 1 amide bonds. The second-order valence-electron chi connectivity index (χ2n) is 4.92. The average Bonchev–Trinajstić information content (AvgIpc) is 3.03. The van der Waals surface area contributed by atoms with Crippen molar-refractivity contribution < 1.29 is 4.79 Å². The summed E-state index contributed by atoms with van der Waals surface area (Å²) in [6.07, 6.45) is 0. The van der Waals surface area contributed by atoms with E-state index in [-0.39, 0.29) is 12.5 Å². The van der Waals surface area contributed by atoms with E-state index in [1.165, 1.54) is 0 Å². The molecule has 0 aliphatic rings. The normalized spacial score (nSPS) is 10.5. The molecule has 0 aliphatic carbocycles. The highest BCUT2D eigenvalue weighted by atomic mass is 35.5. The standard InChI is InChI=1S/C16H14ClN5O/c17-12-5-1-10(2-6-12)15-20-14(21-22-15)9-19-16(23)11-3-7-13(18)8-4-11/h1-8H,9,18H2,(H,19,23)(H,20,21,22). The molecule has 0 spiro atoms. The van der Waals surface area contributed by atoms with Crippen LogP contribution in [0.4, 0.5) is 5.69 Å². The van der Waals surface area contributed by atoms with E-state index in [1.807, 2.05) is 12.1 Å². The third kappa shape index (κ3) is 3.67. The molecule has 0 bridgehead atoms. The second kappa shape index (κ2) is 6.50. The number of halogens is 1. The summed E-state index contributed by atoms with van der Waals surface area (Å²) in [5.74, 6) is 0.923. The molecule has 116 valence electrons. The molecule has 4 N–H and O–H groups in total. The molecule has 0 saturated carbocycles. The third-order valence-electron chi connectivity index (χ3n) is 3.22. The van der Waals surface area contributed by atoms with Crippen LogP contribution < -0.4 is 11.1 Å². The summed E-state index contributed by atoms with van der Waals surface area (Å²) in [6.45, 7) is 0.254. The molecule has 3 rings (SSSR count). The molecular formula is C16H14ClN5O. The maximum Gasteiger partial charge on any atom is 0.251 e. The minimum atomic E-state index is -0.200. The van der Waals surface area contributed by atoms with Crippen LogP contribution in [-0.2, 0) is 6.54 Å². The van der Waals surface area contributed by atoms with E-state index >= 15 is 0 Å². The molecule has 23 heavy (non-hydrogen) atoms. The first kappa shape index (κ1) is 15.1. The van der Waals surface area contributed by atoms with E-state index in [9.17, 15) is 4.79 Å². The Balaban J connectivity index is 1.64. The fraction of sp³-hybridized carbons (Fsp3) is 0.0625. The van der Waals surface area contributed by atoms with Gasteiger partial charge in [-0.25, -0.2) is 4.98 Å². The van der Waals surface area contributed by atoms with Gasteiger partial charge in [-0.1, -0.05) is 11.6 Å². The molecule has 0 radical (unpaired) electrons. The second-order valence-corrected chi connectivity index (χ2v) is 5.35. The number of carbonyl (C=O) groups excluding carboxylic acids is 1. The van der Waals surface area contributed by atoms with Gasteiger partial charge in [0, 0.05) is 21.8 Å². The van der Waals surface area contributed by atoms with E-state index in [1.54, 1.807) is 36.4 Å². The van der Waals surface area contributed by atoms with Gasteiger partial charge in [-0.2, -0.15) is 5.10 Å². The van der Waals surface area contributed by atoms with Gasteiger partial charge in [-0.05, 0) is 48.5 Å². The number of aromatic nitrogens is 3.